The van der Waals surface area contributed by atoms with Crippen LogP contribution >= 0.6 is 12.2 Å². The number of ether oxygens (including phenoxy) is 2. The van der Waals surface area contributed by atoms with Crippen LogP contribution in [0.4, 0.5) is 0 Å². The van der Waals surface area contributed by atoms with E-state index in [0.29, 0.717) is 18.2 Å². The molecule has 0 atom stereocenters. The van der Waals surface area contributed by atoms with Crippen LogP contribution in [-0.2, 0) is 13.0 Å². The summed E-state index contributed by atoms with van der Waals surface area (Å²) in [5, 5.41) is 6.98. The first kappa shape index (κ1) is 17.0. The highest BCUT2D eigenvalue weighted by molar-refractivity contribution is 7.80. The highest BCUT2D eigenvalue weighted by Crippen LogP contribution is 2.30. The van der Waals surface area contributed by atoms with Crippen LogP contribution in [0.25, 0.3) is 0 Å². The summed E-state index contributed by atoms with van der Waals surface area (Å²) in [7, 11) is 3.28. The van der Waals surface area contributed by atoms with Gasteiger partial charge in [-0.25, -0.2) is 0 Å². The van der Waals surface area contributed by atoms with Crippen molar-refractivity contribution in [1.82, 2.24) is 15.6 Å². The summed E-state index contributed by atoms with van der Waals surface area (Å²) in [5.41, 5.74) is 2.17. The zero-order valence-electron chi connectivity index (χ0n) is 13.3. The molecule has 2 aromatic rings. The highest BCUT2D eigenvalue weighted by atomic mass is 32.1. The Morgan fingerprint density at radius 1 is 1.13 bits per heavy atom. The molecule has 1 aromatic heterocycles. The molecule has 0 aliphatic heterocycles. The van der Waals surface area contributed by atoms with E-state index in [1.165, 1.54) is 0 Å². The number of pyridine rings is 1. The number of benzene rings is 1. The minimum Gasteiger partial charge on any atom is -0.493 e. The molecule has 1 heterocycles. The summed E-state index contributed by atoms with van der Waals surface area (Å²) in [6.45, 7) is 1.37. The van der Waals surface area contributed by atoms with Crippen molar-refractivity contribution in [3.8, 4) is 11.5 Å². The Labute approximate surface area is 142 Å². The van der Waals surface area contributed by atoms with E-state index in [9.17, 15) is 0 Å². The number of para-hydroxylation sites is 1. The van der Waals surface area contributed by atoms with E-state index < -0.39 is 0 Å². The van der Waals surface area contributed by atoms with Crippen LogP contribution < -0.4 is 20.1 Å². The van der Waals surface area contributed by atoms with Crippen LogP contribution in [0.1, 0.15) is 11.1 Å². The van der Waals surface area contributed by atoms with Gasteiger partial charge in [0.25, 0.3) is 0 Å². The maximum absolute atomic E-state index is 5.42. The Hall–Kier alpha value is -2.34. The zero-order chi connectivity index (χ0) is 16.5. The molecular formula is C17H21N3O2S. The quantitative estimate of drug-likeness (QED) is 0.760. The third kappa shape index (κ3) is 5.10. The SMILES string of the molecule is COc1cccc(CCNC(=S)NCc2cccnc2)c1OC. The molecule has 0 unspecified atom stereocenters. The van der Waals surface area contributed by atoms with Crippen molar-refractivity contribution in [2.75, 3.05) is 20.8 Å². The van der Waals surface area contributed by atoms with E-state index in [-0.39, 0.29) is 0 Å². The number of nitrogens with one attached hydrogen (secondary N) is 2. The molecule has 0 amide bonds. The summed E-state index contributed by atoms with van der Waals surface area (Å²) in [6.07, 6.45) is 4.35. The summed E-state index contributed by atoms with van der Waals surface area (Å²) in [4.78, 5) is 4.07. The van der Waals surface area contributed by atoms with Gasteiger partial charge in [-0.15, -0.1) is 0 Å². The number of hydrogen-bond acceptors (Lipinski definition) is 4. The van der Waals surface area contributed by atoms with Crippen LogP contribution in [-0.4, -0.2) is 30.9 Å². The smallest absolute Gasteiger partial charge is 0.166 e. The maximum Gasteiger partial charge on any atom is 0.166 e. The van der Waals surface area contributed by atoms with Crippen molar-refractivity contribution in [3.05, 3.63) is 53.9 Å². The molecule has 5 nitrogen and oxygen atoms in total. The normalized spacial score (nSPS) is 10.0. The van der Waals surface area contributed by atoms with E-state index >= 15 is 0 Å². The standard InChI is InChI=1S/C17H21N3O2S/c1-21-15-7-3-6-14(16(15)22-2)8-10-19-17(23)20-12-13-5-4-9-18-11-13/h3-7,9,11H,8,10,12H2,1-2H3,(H2,19,20,23). The molecule has 122 valence electrons. The number of methoxy groups -OCH3 is 2. The molecule has 0 fully saturated rings. The molecule has 6 heteroatoms. The highest BCUT2D eigenvalue weighted by Gasteiger charge is 2.09. The average molecular weight is 331 g/mol. The molecule has 2 rings (SSSR count). The lowest BCUT2D eigenvalue weighted by molar-refractivity contribution is 0.351. The molecule has 23 heavy (non-hydrogen) atoms. The van der Waals surface area contributed by atoms with Gasteiger partial charge in [0, 0.05) is 25.5 Å². The van der Waals surface area contributed by atoms with Crippen molar-refractivity contribution in [2.24, 2.45) is 0 Å². The molecule has 0 spiro atoms. The predicted octanol–water partition coefficient (Wildman–Crippen LogP) is 2.31. The second kappa shape index (κ2) is 8.95. The first-order valence-corrected chi connectivity index (χ1v) is 7.76. The number of hydrogen-bond donors (Lipinski definition) is 2. The summed E-state index contributed by atoms with van der Waals surface area (Å²) in [5.74, 6) is 1.51. The van der Waals surface area contributed by atoms with Crippen LogP contribution in [0.5, 0.6) is 11.5 Å². The molecular weight excluding hydrogens is 310 g/mol. The first-order valence-electron chi connectivity index (χ1n) is 7.35. The van der Waals surface area contributed by atoms with Gasteiger partial charge in [-0.1, -0.05) is 18.2 Å². The summed E-state index contributed by atoms with van der Waals surface area (Å²) < 4.78 is 10.7. The Balaban J connectivity index is 1.79. The molecule has 0 radical (unpaired) electrons. The fraction of sp³-hybridized carbons (Fsp3) is 0.294. The molecule has 0 aliphatic carbocycles. The third-order valence-electron chi connectivity index (χ3n) is 3.34. The van der Waals surface area contributed by atoms with Crippen molar-refractivity contribution >= 4 is 17.3 Å². The van der Waals surface area contributed by atoms with Crippen molar-refractivity contribution in [1.29, 1.82) is 0 Å². The average Bonchev–Trinajstić information content (AvgIpc) is 2.60. The minimum atomic E-state index is 0.621. The number of rotatable bonds is 7. The van der Waals surface area contributed by atoms with Gasteiger partial charge in [-0.3, -0.25) is 4.98 Å². The monoisotopic (exact) mass is 331 g/mol. The van der Waals surface area contributed by atoms with Gasteiger partial charge in [-0.2, -0.15) is 0 Å². The molecule has 0 bridgehead atoms. The van der Waals surface area contributed by atoms with Crippen LogP contribution in [0, 0.1) is 0 Å². The second-order valence-corrected chi connectivity index (χ2v) is 5.28. The molecule has 0 saturated heterocycles. The number of thiocarbonyl (C=S) groups is 1. The van der Waals surface area contributed by atoms with Crippen molar-refractivity contribution < 1.29 is 9.47 Å². The Morgan fingerprint density at radius 2 is 2.00 bits per heavy atom. The van der Waals surface area contributed by atoms with E-state index in [2.05, 4.69) is 15.6 Å². The Kier molecular flexibility index (Phi) is 6.62. The fourth-order valence-electron chi connectivity index (χ4n) is 2.21. The van der Waals surface area contributed by atoms with E-state index in [1.54, 1.807) is 20.4 Å². The van der Waals surface area contributed by atoms with E-state index in [1.807, 2.05) is 36.5 Å². The fourth-order valence-corrected chi connectivity index (χ4v) is 2.38. The summed E-state index contributed by atoms with van der Waals surface area (Å²) in [6, 6.07) is 9.77. The van der Waals surface area contributed by atoms with Gasteiger partial charge in [0.05, 0.1) is 14.2 Å². The van der Waals surface area contributed by atoms with Crippen molar-refractivity contribution in [3.63, 3.8) is 0 Å². The molecule has 0 aliphatic rings. The lowest BCUT2D eigenvalue weighted by Gasteiger charge is -2.14. The van der Waals surface area contributed by atoms with Gasteiger partial charge in [0.2, 0.25) is 0 Å². The van der Waals surface area contributed by atoms with E-state index in [4.69, 9.17) is 21.7 Å². The van der Waals surface area contributed by atoms with Crippen LogP contribution in [0.15, 0.2) is 42.7 Å². The zero-order valence-corrected chi connectivity index (χ0v) is 14.2. The Bertz CT molecular complexity index is 635. The lowest BCUT2D eigenvalue weighted by atomic mass is 10.1. The number of aromatic nitrogens is 1. The lowest BCUT2D eigenvalue weighted by Crippen LogP contribution is -2.35. The maximum atomic E-state index is 5.42. The second-order valence-electron chi connectivity index (χ2n) is 4.87. The van der Waals surface area contributed by atoms with Gasteiger partial charge in [0.1, 0.15) is 0 Å². The Morgan fingerprint density at radius 3 is 2.70 bits per heavy atom. The molecule has 2 N–H and O–H groups in total. The van der Waals surface area contributed by atoms with Gasteiger partial charge >= 0.3 is 0 Å². The number of nitrogens with zero attached hydrogens (tertiary/aromatic N) is 1. The van der Waals surface area contributed by atoms with Crippen LogP contribution in [0.3, 0.4) is 0 Å². The van der Waals surface area contributed by atoms with Crippen LogP contribution in [0.2, 0.25) is 0 Å². The largest absolute Gasteiger partial charge is 0.493 e. The van der Waals surface area contributed by atoms with Gasteiger partial charge in [-0.05, 0) is 41.9 Å². The summed E-state index contributed by atoms with van der Waals surface area (Å²) >= 11 is 5.28. The molecule has 0 saturated carbocycles. The topological polar surface area (TPSA) is 55.4 Å². The minimum absolute atomic E-state index is 0.621. The third-order valence-corrected chi connectivity index (χ3v) is 3.63. The van der Waals surface area contributed by atoms with Crippen molar-refractivity contribution in [2.45, 2.75) is 13.0 Å². The first-order chi connectivity index (χ1) is 11.2. The van der Waals surface area contributed by atoms with Gasteiger partial charge < -0.3 is 20.1 Å². The van der Waals surface area contributed by atoms with E-state index in [0.717, 1.165) is 29.0 Å². The predicted molar refractivity (Wildman–Crippen MR) is 94.9 cm³/mol. The van der Waals surface area contributed by atoms with Gasteiger partial charge in [0.15, 0.2) is 16.6 Å². The molecule has 1 aromatic carbocycles.